The van der Waals surface area contributed by atoms with Gasteiger partial charge in [0.05, 0.1) is 27.8 Å². The molecule has 0 aliphatic heterocycles. The molecule has 0 fully saturated rings. The monoisotopic (exact) mass is 739 g/mol. The van der Waals surface area contributed by atoms with Gasteiger partial charge in [0.15, 0.2) is 11.6 Å². The lowest BCUT2D eigenvalue weighted by molar-refractivity contribution is 0.952. The maximum absolute atomic E-state index is 5.40. The Morgan fingerprint density at radius 2 is 0.879 bits per heavy atom. The van der Waals surface area contributed by atoms with Crippen LogP contribution in [-0.4, -0.2) is 24.1 Å². The second-order valence-electron chi connectivity index (χ2n) is 14.8. The highest BCUT2D eigenvalue weighted by Gasteiger charge is 2.22. The summed E-state index contributed by atoms with van der Waals surface area (Å²) in [5, 5.41) is 9.49. The molecule has 0 spiro atoms. The molecule has 3 aromatic heterocycles. The standard InChI is InChI=1S/C53H33N5/c1-2-15-34(16-3-1)40-23-14-28-49-50(40)43-21-8-12-26-47(43)57(49)48-27-13-9-22-44(48)52-54-51(37-31-32-39-36(33-37)30-29-35-17-4-5-18-38(35)39)55-53(56-52)58-45-24-10-6-19-41(45)42-20-7-11-25-46(42)58/h1-33H. The summed E-state index contributed by atoms with van der Waals surface area (Å²) < 4.78 is 4.56. The number of rotatable bonds is 5. The molecular weight excluding hydrogens is 707 g/mol. The molecule has 0 saturated carbocycles. The third-order valence-corrected chi connectivity index (χ3v) is 11.6. The van der Waals surface area contributed by atoms with Crippen LogP contribution in [0.15, 0.2) is 200 Å². The highest BCUT2D eigenvalue weighted by atomic mass is 15.2. The van der Waals surface area contributed by atoms with Gasteiger partial charge in [0.1, 0.15) is 0 Å². The van der Waals surface area contributed by atoms with Crippen LogP contribution in [0.25, 0.3) is 111 Å². The highest BCUT2D eigenvalue weighted by molar-refractivity contribution is 6.16. The third kappa shape index (κ3) is 4.93. The van der Waals surface area contributed by atoms with Gasteiger partial charge in [-0.2, -0.15) is 9.97 Å². The van der Waals surface area contributed by atoms with E-state index in [4.69, 9.17) is 15.0 Å². The molecule has 270 valence electrons. The maximum Gasteiger partial charge on any atom is 0.238 e. The van der Waals surface area contributed by atoms with Crippen molar-refractivity contribution in [3.05, 3.63) is 200 Å². The van der Waals surface area contributed by atoms with E-state index >= 15 is 0 Å². The smallest absolute Gasteiger partial charge is 0.238 e. The second kappa shape index (κ2) is 12.8. The molecule has 0 radical (unpaired) electrons. The fourth-order valence-electron chi connectivity index (χ4n) is 9.00. The first-order valence-electron chi connectivity index (χ1n) is 19.6. The zero-order valence-corrected chi connectivity index (χ0v) is 31.3. The molecule has 5 heteroatoms. The first kappa shape index (κ1) is 32.4. The molecule has 0 aliphatic carbocycles. The van der Waals surface area contributed by atoms with Crippen molar-refractivity contribution in [1.29, 1.82) is 0 Å². The minimum atomic E-state index is 0.569. The second-order valence-corrected chi connectivity index (χ2v) is 14.8. The summed E-state index contributed by atoms with van der Waals surface area (Å²) in [4.78, 5) is 16.1. The lowest BCUT2D eigenvalue weighted by atomic mass is 9.99. The van der Waals surface area contributed by atoms with Crippen molar-refractivity contribution in [2.75, 3.05) is 0 Å². The van der Waals surface area contributed by atoms with E-state index in [0.717, 1.165) is 55.0 Å². The molecule has 0 aliphatic rings. The number of hydrogen-bond donors (Lipinski definition) is 0. The third-order valence-electron chi connectivity index (χ3n) is 11.6. The van der Waals surface area contributed by atoms with Crippen LogP contribution in [0, 0.1) is 0 Å². The van der Waals surface area contributed by atoms with Gasteiger partial charge in [0.25, 0.3) is 0 Å². The van der Waals surface area contributed by atoms with Crippen molar-refractivity contribution in [2.24, 2.45) is 0 Å². The van der Waals surface area contributed by atoms with Gasteiger partial charge < -0.3 is 4.57 Å². The van der Waals surface area contributed by atoms with E-state index in [1.165, 1.54) is 38.1 Å². The van der Waals surface area contributed by atoms with Gasteiger partial charge in [0, 0.05) is 32.7 Å². The molecular formula is C53H33N5. The number of benzene rings is 9. The van der Waals surface area contributed by atoms with Crippen LogP contribution in [0.1, 0.15) is 0 Å². The van der Waals surface area contributed by atoms with Crippen molar-refractivity contribution in [3.8, 4) is 45.5 Å². The molecule has 0 atom stereocenters. The molecule has 12 aromatic rings. The Kier molecular flexibility index (Phi) is 7.16. The van der Waals surface area contributed by atoms with Gasteiger partial charge >= 0.3 is 0 Å². The molecule has 0 bridgehead atoms. The summed E-state index contributed by atoms with van der Waals surface area (Å²) >= 11 is 0. The van der Waals surface area contributed by atoms with Crippen molar-refractivity contribution in [2.45, 2.75) is 0 Å². The van der Waals surface area contributed by atoms with Crippen LogP contribution < -0.4 is 0 Å². The van der Waals surface area contributed by atoms with E-state index in [2.05, 4.69) is 209 Å². The Morgan fingerprint density at radius 1 is 0.310 bits per heavy atom. The lowest BCUT2D eigenvalue weighted by Crippen LogP contribution is -2.07. The molecule has 5 nitrogen and oxygen atoms in total. The summed E-state index contributed by atoms with van der Waals surface area (Å²) in [6, 6.07) is 70.9. The van der Waals surface area contributed by atoms with Crippen LogP contribution in [0.3, 0.4) is 0 Å². The van der Waals surface area contributed by atoms with E-state index in [1.54, 1.807) is 0 Å². The number of para-hydroxylation sites is 4. The largest absolute Gasteiger partial charge is 0.308 e. The summed E-state index contributed by atoms with van der Waals surface area (Å²) in [7, 11) is 0. The minimum absolute atomic E-state index is 0.569. The Morgan fingerprint density at radius 3 is 1.67 bits per heavy atom. The van der Waals surface area contributed by atoms with Crippen LogP contribution in [-0.2, 0) is 0 Å². The fourth-order valence-corrected chi connectivity index (χ4v) is 9.00. The molecule has 0 N–H and O–H groups in total. The van der Waals surface area contributed by atoms with E-state index in [1.807, 2.05) is 0 Å². The first-order valence-corrected chi connectivity index (χ1v) is 19.6. The zero-order valence-electron chi connectivity index (χ0n) is 31.3. The zero-order chi connectivity index (χ0) is 38.2. The molecule has 12 rings (SSSR count). The Balaban J connectivity index is 1.14. The molecule has 58 heavy (non-hydrogen) atoms. The topological polar surface area (TPSA) is 48.5 Å². The minimum Gasteiger partial charge on any atom is -0.308 e. The molecule has 3 heterocycles. The summed E-state index contributed by atoms with van der Waals surface area (Å²) in [5.41, 5.74) is 9.54. The van der Waals surface area contributed by atoms with Crippen molar-refractivity contribution in [1.82, 2.24) is 24.1 Å². The molecule has 9 aromatic carbocycles. The summed E-state index contributed by atoms with van der Waals surface area (Å²) in [6.45, 7) is 0. The van der Waals surface area contributed by atoms with Gasteiger partial charge in [-0.1, -0.05) is 158 Å². The van der Waals surface area contributed by atoms with E-state index < -0.39 is 0 Å². The predicted molar refractivity (Wildman–Crippen MR) is 240 cm³/mol. The lowest BCUT2D eigenvalue weighted by Gasteiger charge is -2.15. The van der Waals surface area contributed by atoms with Crippen molar-refractivity contribution < 1.29 is 0 Å². The van der Waals surface area contributed by atoms with E-state index in [9.17, 15) is 0 Å². The van der Waals surface area contributed by atoms with Crippen LogP contribution in [0.2, 0.25) is 0 Å². The van der Waals surface area contributed by atoms with E-state index in [-0.39, 0.29) is 0 Å². The normalized spacial score (nSPS) is 11.8. The van der Waals surface area contributed by atoms with Crippen LogP contribution >= 0.6 is 0 Å². The Bertz CT molecular complexity index is 3520. The fraction of sp³-hybridized carbons (Fsp3) is 0. The van der Waals surface area contributed by atoms with Crippen LogP contribution in [0.5, 0.6) is 0 Å². The average Bonchev–Trinajstić information content (AvgIpc) is 3.82. The Hall–Kier alpha value is -7.89. The van der Waals surface area contributed by atoms with Gasteiger partial charge in [-0.05, 0) is 75.1 Å². The number of nitrogens with zero attached hydrogens (tertiary/aromatic N) is 5. The first-order chi connectivity index (χ1) is 28.8. The summed E-state index contributed by atoms with van der Waals surface area (Å²) in [5.74, 6) is 1.78. The quantitative estimate of drug-likeness (QED) is 0.165. The van der Waals surface area contributed by atoms with Gasteiger partial charge in [-0.25, -0.2) is 4.98 Å². The van der Waals surface area contributed by atoms with Gasteiger partial charge in [0.2, 0.25) is 5.95 Å². The van der Waals surface area contributed by atoms with Gasteiger partial charge in [-0.3, -0.25) is 4.57 Å². The van der Waals surface area contributed by atoms with Crippen molar-refractivity contribution >= 4 is 65.2 Å². The van der Waals surface area contributed by atoms with Crippen molar-refractivity contribution in [3.63, 3.8) is 0 Å². The van der Waals surface area contributed by atoms with Gasteiger partial charge in [-0.15, -0.1) is 0 Å². The van der Waals surface area contributed by atoms with Crippen LogP contribution in [0.4, 0.5) is 0 Å². The number of hydrogen-bond acceptors (Lipinski definition) is 3. The Labute approximate surface area is 333 Å². The average molecular weight is 740 g/mol. The predicted octanol–water partition coefficient (Wildman–Crippen LogP) is 13.4. The summed E-state index contributed by atoms with van der Waals surface area (Å²) in [6.07, 6.45) is 0. The molecule has 0 unspecified atom stereocenters. The maximum atomic E-state index is 5.40. The molecule has 0 saturated heterocycles. The van der Waals surface area contributed by atoms with E-state index in [0.29, 0.717) is 17.6 Å². The molecule has 0 amide bonds. The highest BCUT2D eigenvalue weighted by Crippen LogP contribution is 2.41. The number of fused-ring (bicyclic) bond motifs is 9. The number of aromatic nitrogens is 5. The SMILES string of the molecule is c1ccc(-c2cccc3c2c2ccccc2n3-c2ccccc2-c2nc(-c3ccc4c(ccc5ccccc54)c3)nc(-n3c4ccccc4c4ccccc43)n2)cc1.